The van der Waals surface area contributed by atoms with Gasteiger partial charge in [0.1, 0.15) is 0 Å². The first-order chi connectivity index (χ1) is 14.5. The molecule has 0 saturated heterocycles. The molecular weight excluding hydrogens is 394 g/mol. The second-order valence-electron chi connectivity index (χ2n) is 7.18. The van der Waals surface area contributed by atoms with Crippen molar-refractivity contribution in [1.29, 1.82) is 0 Å². The first-order valence-electron chi connectivity index (χ1n) is 9.94. The number of fused-ring (bicyclic) bond motifs is 1. The zero-order chi connectivity index (χ0) is 21.5. The molecule has 0 aliphatic carbocycles. The van der Waals surface area contributed by atoms with Crippen molar-refractivity contribution in [3.05, 3.63) is 77.9 Å². The smallest absolute Gasteiger partial charge is 0.251 e. The van der Waals surface area contributed by atoms with Gasteiger partial charge in [-0.3, -0.25) is 9.59 Å². The van der Waals surface area contributed by atoms with Crippen molar-refractivity contribution < 1.29 is 9.59 Å². The van der Waals surface area contributed by atoms with Gasteiger partial charge in [0.05, 0.1) is 6.42 Å². The average Bonchev–Trinajstić information content (AvgIpc) is 2.74. The van der Waals surface area contributed by atoms with E-state index in [4.69, 9.17) is 12.2 Å². The lowest BCUT2D eigenvalue weighted by molar-refractivity contribution is -0.119. The van der Waals surface area contributed by atoms with Crippen molar-refractivity contribution in [2.24, 2.45) is 0 Å². The number of carbonyl (C=O) groups excluding carboxylic acids is 2. The van der Waals surface area contributed by atoms with Gasteiger partial charge < -0.3 is 16.0 Å². The van der Waals surface area contributed by atoms with E-state index >= 15 is 0 Å². The largest absolute Gasteiger partial charge is 0.350 e. The van der Waals surface area contributed by atoms with E-state index in [1.807, 2.05) is 56.3 Å². The van der Waals surface area contributed by atoms with Gasteiger partial charge in [-0.05, 0) is 66.2 Å². The van der Waals surface area contributed by atoms with Gasteiger partial charge in [-0.25, -0.2) is 0 Å². The third kappa shape index (κ3) is 5.64. The van der Waals surface area contributed by atoms with Gasteiger partial charge >= 0.3 is 0 Å². The molecule has 0 saturated carbocycles. The molecule has 1 atom stereocenters. The fourth-order valence-electron chi connectivity index (χ4n) is 3.07. The maximum Gasteiger partial charge on any atom is 0.251 e. The Labute approximate surface area is 181 Å². The van der Waals surface area contributed by atoms with Crippen LogP contribution >= 0.6 is 12.2 Å². The summed E-state index contributed by atoms with van der Waals surface area (Å²) in [6.45, 7) is 3.99. The molecule has 0 aromatic heterocycles. The number of benzene rings is 3. The predicted molar refractivity (Wildman–Crippen MR) is 126 cm³/mol. The average molecular weight is 420 g/mol. The Morgan fingerprint density at radius 2 is 1.67 bits per heavy atom. The molecule has 0 heterocycles. The van der Waals surface area contributed by atoms with Crippen LogP contribution in [-0.4, -0.2) is 23.0 Å². The lowest BCUT2D eigenvalue weighted by atomic mass is 10.0. The molecule has 2 amide bonds. The first kappa shape index (κ1) is 21.5. The number of thiocarbonyl (C=S) groups is 1. The molecule has 154 valence electrons. The number of amides is 2. The van der Waals surface area contributed by atoms with Crippen LogP contribution < -0.4 is 16.0 Å². The summed E-state index contributed by atoms with van der Waals surface area (Å²) in [6, 6.07) is 21.0. The second-order valence-corrected chi connectivity index (χ2v) is 7.59. The highest BCUT2D eigenvalue weighted by molar-refractivity contribution is 7.80. The Morgan fingerprint density at radius 3 is 2.40 bits per heavy atom. The van der Waals surface area contributed by atoms with Crippen LogP contribution in [0.1, 0.15) is 36.2 Å². The van der Waals surface area contributed by atoms with Crippen LogP contribution in [0.15, 0.2) is 66.7 Å². The molecule has 5 nitrogen and oxygen atoms in total. The highest BCUT2D eigenvalue weighted by atomic mass is 32.1. The minimum atomic E-state index is -0.187. The van der Waals surface area contributed by atoms with E-state index in [-0.39, 0.29) is 29.4 Å². The molecule has 3 aromatic carbocycles. The maximum atomic E-state index is 12.4. The SMILES string of the molecule is CCC(C)NC(=O)c1ccc(NC(=S)NC(=O)Cc2cccc3ccccc23)cc1. The number of nitrogens with one attached hydrogen (secondary N) is 3. The number of carbonyl (C=O) groups is 2. The van der Waals surface area contributed by atoms with Crippen molar-refractivity contribution in [2.75, 3.05) is 5.32 Å². The fourth-order valence-corrected chi connectivity index (χ4v) is 3.30. The molecule has 0 fully saturated rings. The molecule has 30 heavy (non-hydrogen) atoms. The third-order valence-electron chi connectivity index (χ3n) is 4.88. The van der Waals surface area contributed by atoms with Gasteiger partial charge in [-0.2, -0.15) is 0 Å². The summed E-state index contributed by atoms with van der Waals surface area (Å²) in [7, 11) is 0. The summed E-state index contributed by atoms with van der Waals surface area (Å²) in [5.74, 6) is -0.296. The monoisotopic (exact) mass is 419 g/mol. The predicted octanol–water partition coefficient (Wildman–Crippen LogP) is 4.42. The van der Waals surface area contributed by atoms with Gasteiger partial charge in [0.2, 0.25) is 5.91 Å². The molecule has 0 aliphatic heterocycles. The van der Waals surface area contributed by atoms with Crippen molar-refractivity contribution >= 4 is 45.6 Å². The van der Waals surface area contributed by atoms with Gasteiger partial charge in [0.25, 0.3) is 5.91 Å². The molecule has 1 unspecified atom stereocenters. The van der Waals surface area contributed by atoms with E-state index < -0.39 is 0 Å². The maximum absolute atomic E-state index is 12.4. The zero-order valence-corrected chi connectivity index (χ0v) is 17.9. The van der Waals surface area contributed by atoms with E-state index in [1.54, 1.807) is 24.3 Å². The lowest BCUT2D eigenvalue weighted by Crippen LogP contribution is -2.35. The van der Waals surface area contributed by atoms with E-state index in [9.17, 15) is 9.59 Å². The third-order valence-corrected chi connectivity index (χ3v) is 5.08. The Hall–Kier alpha value is -3.25. The van der Waals surface area contributed by atoms with Crippen LogP contribution in [-0.2, 0) is 11.2 Å². The minimum absolute atomic E-state index is 0.109. The molecule has 3 rings (SSSR count). The lowest BCUT2D eigenvalue weighted by Gasteiger charge is -2.13. The number of rotatable bonds is 6. The summed E-state index contributed by atoms with van der Waals surface area (Å²) in [5, 5.41) is 11.0. The number of anilines is 1. The van der Waals surface area contributed by atoms with E-state index in [2.05, 4.69) is 16.0 Å². The van der Waals surface area contributed by atoms with E-state index in [1.165, 1.54) is 0 Å². The highest BCUT2D eigenvalue weighted by Crippen LogP contribution is 2.19. The first-order valence-corrected chi connectivity index (χ1v) is 10.4. The molecule has 0 bridgehead atoms. The van der Waals surface area contributed by atoms with Crippen LogP contribution in [0.4, 0.5) is 5.69 Å². The Balaban J connectivity index is 1.56. The molecule has 6 heteroatoms. The molecule has 3 N–H and O–H groups in total. The van der Waals surface area contributed by atoms with Crippen molar-refractivity contribution in [1.82, 2.24) is 10.6 Å². The summed E-state index contributed by atoms with van der Waals surface area (Å²) in [5.41, 5.74) is 2.22. The minimum Gasteiger partial charge on any atom is -0.350 e. The summed E-state index contributed by atoms with van der Waals surface area (Å²) in [4.78, 5) is 24.6. The van der Waals surface area contributed by atoms with Crippen LogP contribution in [0.3, 0.4) is 0 Å². The van der Waals surface area contributed by atoms with Crippen LogP contribution in [0.2, 0.25) is 0 Å². The van der Waals surface area contributed by atoms with Crippen molar-refractivity contribution in [2.45, 2.75) is 32.7 Å². The quantitative estimate of drug-likeness (QED) is 0.517. The number of hydrogen-bond acceptors (Lipinski definition) is 3. The second kappa shape index (κ2) is 9.98. The topological polar surface area (TPSA) is 70.2 Å². The van der Waals surface area contributed by atoms with Crippen LogP contribution in [0, 0.1) is 0 Å². The normalized spacial score (nSPS) is 11.5. The van der Waals surface area contributed by atoms with Gasteiger partial charge in [0.15, 0.2) is 5.11 Å². The van der Waals surface area contributed by atoms with E-state index in [0.717, 1.165) is 22.8 Å². The summed E-state index contributed by atoms with van der Waals surface area (Å²) in [6.07, 6.45) is 1.11. The Morgan fingerprint density at radius 1 is 0.967 bits per heavy atom. The van der Waals surface area contributed by atoms with Crippen molar-refractivity contribution in [3.63, 3.8) is 0 Å². The fraction of sp³-hybridized carbons (Fsp3) is 0.208. The van der Waals surface area contributed by atoms with Crippen LogP contribution in [0.5, 0.6) is 0 Å². The summed E-state index contributed by atoms with van der Waals surface area (Å²) >= 11 is 5.26. The van der Waals surface area contributed by atoms with Gasteiger partial charge in [-0.1, -0.05) is 49.4 Å². The van der Waals surface area contributed by atoms with E-state index in [0.29, 0.717) is 11.3 Å². The molecule has 0 radical (unpaired) electrons. The van der Waals surface area contributed by atoms with Crippen LogP contribution in [0.25, 0.3) is 10.8 Å². The standard InChI is InChI=1S/C24H25N3O2S/c1-3-16(2)25-23(29)18-11-13-20(14-12-18)26-24(30)27-22(28)15-19-9-6-8-17-7-4-5-10-21(17)19/h4-14,16H,3,15H2,1-2H3,(H,25,29)(H2,26,27,28,30). The zero-order valence-electron chi connectivity index (χ0n) is 17.1. The highest BCUT2D eigenvalue weighted by Gasteiger charge is 2.10. The van der Waals surface area contributed by atoms with Crippen molar-refractivity contribution in [3.8, 4) is 0 Å². The Kier molecular flexibility index (Phi) is 7.14. The molecule has 0 aliphatic rings. The number of hydrogen-bond donors (Lipinski definition) is 3. The van der Waals surface area contributed by atoms with Gasteiger partial charge in [0, 0.05) is 17.3 Å². The summed E-state index contributed by atoms with van der Waals surface area (Å²) < 4.78 is 0. The Bertz CT molecular complexity index is 1060. The molecule has 0 spiro atoms. The molecular formula is C24H25N3O2S. The molecule has 3 aromatic rings. The van der Waals surface area contributed by atoms with Gasteiger partial charge in [-0.15, -0.1) is 0 Å².